The average molecular weight is 438 g/mol. The number of nitrogens with zero attached hydrogens (tertiary/aromatic N) is 1. The summed E-state index contributed by atoms with van der Waals surface area (Å²) in [6.07, 6.45) is 0. The predicted octanol–water partition coefficient (Wildman–Crippen LogP) is 3.72. The van der Waals surface area contributed by atoms with Crippen LogP contribution in [0.2, 0.25) is 0 Å². The maximum absolute atomic E-state index is 12.6. The fourth-order valence-corrected chi connectivity index (χ4v) is 4.14. The molecule has 0 spiro atoms. The quantitative estimate of drug-likeness (QED) is 0.589. The number of amides is 2. The first-order valence-corrected chi connectivity index (χ1v) is 11.0. The second-order valence-corrected chi connectivity index (χ2v) is 9.03. The Hall–Kier alpha value is -3.49. The van der Waals surface area contributed by atoms with E-state index < -0.39 is 10.0 Å². The van der Waals surface area contributed by atoms with Gasteiger partial charge in [-0.3, -0.25) is 9.59 Å². The third kappa shape index (κ3) is 5.78. The van der Waals surface area contributed by atoms with Gasteiger partial charge in [0.15, 0.2) is 0 Å². The van der Waals surface area contributed by atoms with Crippen LogP contribution in [0.5, 0.6) is 0 Å². The normalized spacial score (nSPS) is 11.2. The largest absolute Gasteiger partial charge is 0.326 e. The van der Waals surface area contributed by atoms with Crippen LogP contribution in [0.1, 0.15) is 22.8 Å². The lowest BCUT2D eigenvalue weighted by Gasteiger charge is -2.17. The van der Waals surface area contributed by atoms with Gasteiger partial charge in [-0.05, 0) is 48.0 Å². The van der Waals surface area contributed by atoms with Gasteiger partial charge in [-0.15, -0.1) is 0 Å². The van der Waals surface area contributed by atoms with Crippen LogP contribution < -0.4 is 10.6 Å². The van der Waals surface area contributed by atoms with Crippen molar-refractivity contribution < 1.29 is 18.0 Å². The number of carbonyl (C=O) groups is 2. The molecule has 7 nitrogen and oxygen atoms in total. The minimum Gasteiger partial charge on any atom is -0.326 e. The first-order valence-electron chi connectivity index (χ1n) is 9.55. The molecule has 0 aromatic heterocycles. The summed E-state index contributed by atoms with van der Waals surface area (Å²) in [5.41, 5.74) is 2.32. The molecular formula is C23H23N3O4S. The molecule has 8 heteroatoms. The molecule has 160 valence electrons. The first kappa shape index (κ1) is 22.2. The van der Waals surface area contributed by atoms with E-state index in [4.69, 9.17) is 0 Å². The lowest BCUT2D eigenvalue weighted by Crippen LogP contribution is -2.26. The highest BCUT2D eigenvalue weighted by Crippen LogP contribution is 2.18. The zero-order valence-corrected chi connectivity index (χ0v) is 18.0. The zero-order valence-electron chi connectivity index (χ0n) is 17.2. The lowest BCUT2D eigenvalue weighted by molar-refractivity contribution is -0.114. The average Bonchev–Trinajstić information content (AvgIpc) is 2.74. The number of nitrogens with one attached hydrogen (secondary N) is 2. The number of sulfonamides is 1. The molecule has 0 fully saturated rings. The zero-order chi connectivity index (χ0) is 22.4. The molecule has 0 aliphatic carbocycles. The summed E-state index contributed by atoms with van der Waals surface area (Å²) in [4.78, 5) is 23.9. The fourth-order valence-electron chi connectivity index (χ4n) is 2.96. The summed E-state index contributed by atoms with van der Waals surface area (Å²) in [6, 6.07) is 21.8. The molecule has 0 atom stereocenters. The summed E-state index contributed by atoms with van der Waals surface area (Å²) in [7, 11) is -2.07. The van der Waals surface area contributed by atoms with E-state index in [-0.39, 0.29) is 23.3 Å². The van der Waals surface area contributed by atoms with Crippen molar-refractivity contribution in [2.24, 2.45) is 0 Å². The van der Waals surface area contributed by atoms with Crippen molar-refractivity contribution in [3.05, 3.63) is 90.0 Å². The Labute approximate surface area is 181 Å². The van der Waals surface area contributed by atoms with Crippen molar-refractivity contribution in [1.82, 2.24) is 4.31 Å². The van der Waals surface area contributed by atoms with Crippen LogP contribution in [-0.4, -0.2) is 31.6 Å². The minimum atomic E-state index is -3.59. The van der Waals surface area contributed by atoms with Crippen molar-refractivity contribution in [2.75, 3.05) is 17.7 Å². The van der Waals surface area contributed by atoms with E-state index in [0.29, 0.717) is 16.9 Å². The first-order chi connectivity index (χ1) is 14.8. The number of hydrogen-bond donors (Lipinski definition) is 2. The number of hydrogen-bond acceptors (Lipinski definition) is 4. The highest BCUT2D eigenvalue weighted by atomic mass is 32.2. The molecule has 0 radical (unpaired) electrons. The third-order valence-corrected chi connectivity index (χ3v) is 6.33. The second kappa shape index (κ2) is 9.55. The molecule has 3 aromatic carbocycles. The molecule has 3 aromatic rings. The van der Waals surface area contributed by atoms with Gasteiger partial charge in [0.05, 0.1) is 4.90 Å². The van der Waals surface area contributed by atoms with Gasteiger partial charge < -0.3 is 10.6 Å². The molecule has 2 N–H and O–H groups in total. The maximum atomic E-state index is 12.6. The summed E-state index contributed by atoms with van der Waals surface area (Å²) < 4.78 is 26.6. The maximum Gasteiger partial charge on any atom is 0.255 e. The van der Waals surface area contributed by atoms with Crippen LogP contribution in [0.25, 0.3) is 0 Å². The SMILES string of the molecule is CC(=O)Nc1cccc(NC(=O)c2ccc(CN(C)S(=O)(=O)c3ccccc3)cc2)c1. The topological polar surface area (TPSA) is 95.6 Å². The van der Waals surface area contributed by atoms with Gasteiger partial charge in [0.25, 0.3) is 5.91 Å². The van der Waals surface area contributed by atoms with E-state index >= 15 is 0 Å². The molecule has 3 rings (SSSR count). The molecule has 0 saturated heterocycles. The van der Waals surface area contributed by atoms with Crippen LogP contribution in [0.4, 0.5) is 11.4 Å². The van der Waals surface area contributed by atoms with Crippen molar-refractivity contribution in [3.8, 4) is 0 Å². The molecule has 31 heavy (non-hydrogen) atoms. The number of rotatable bonds is 7. The Morgan fingerprint density at radius 1 is 0.839 bits per heavy atom. The Morgan fingerprint density at radius 2 is 1.45 bits per heavy atom. The second-order valence-electron chi connectivity index (χ2n) is 6.99. The molecule has 0 unspecified atom stereocenters. The summed E-state index contributed by atoms with van der Waals surface area (Å²) in [5, 5.41) is 5.45. The highest BCUT2D eigenvalue weighted by Gasteiger charge is 2.20. The Balaban J connectivity index is 1.66. The van der Waals surface area contributed by atoms with Crippen LogP contribution >= 0.6 is 0 Å². The lowest BCUT2D eigenvalue weighted by atomic mass is 10.1. The smallest absolute Gasteiger partial charge is 0.255 e. The minimum absolute atomic E-state index is 0.178. The van der Waals surface area contributed by atoms with E-state index in [9.17, 15) is 18.0 Å². The van der Waals surface area contributed by atoms with Crippen LogP contribution in [0.3, 0.4) is 0 Å². The van der Waals surface area contributed by atoms with Crippen LogP contribution in [0.15, 0.2) is 83.8 Å². The van der Waals surface area contributed by atoms with E-state index in [2.05, 4.69) is 10.6 Å². The molecule has 0 heterocycles. The number of benzene rings is 3. The molecule has 0 saturated carbocycles. The molecule has 2 amide bonds. The van der Waals surface area contributed by atoms with Gasteiger partial charge in [0.1, 0.15) is 0 Å². The third-order valence-electron chi connectivity index (χ3n) is 4.51. The molecular weight excluding hydrogens is 414 g/mol. The van der Waals surface area contributed by atoms with Crippen LogP contribution in [-0.2, 0) is 21.4 Å². The summed E-state index contributed by atoms with van der Waals surface area (Å²) >= 11 is 0. The highest BCUT2D eigenvalue weighted by molar-refractivity contribution is 7.89. The van der Waals surface area contributed by atoms with Gasteiger partial charge >= 0.3 is 0 Å². The molecule has 0 bridgehead atoms. The van der Waals surface area contributed by atoms with E-state index in [1.54, 1.807) is 78.9 Å². The summed E-state index contributed by atoms with van der Waals surface area (Å²) in [6.45, 7) is 1.59. The molecule has 0 aliphatic rings. The van der Waals surface area contributed by atoms with E-state index in [1.807, 2.05) is 0 Å². The fraction of sp³-hybridized carbons (Fsp3) is 0.130. The van der Waals surface area contributed by atoms with Crippen LogP contribution in [0, 0.1) is 0 Å². The van der Waals surface area contributed by atoms with Gasteiger partial charge in [-0.25, -0.2) is 8.42 Å². The van der Waals surface area contributed by atoms with Crippen molar-refractivity contribution >= 4 is 33.2 Å². The Morgan fingerprint density at radius 3 is 2.06 bits per heavy atom. The van der Waals surface area contributed by atoms with Crippen molar-refractivity contribution in [1.29, 1.82) is 0 Å². The standard InChI is InChI=1S/C23H23N3O4S/c1-17(27)24-20-7-6-8-21(15-20)25-23(28)19-13-11-18(12-14-19)16-26(2)31(29,30)22-9-4-3-5-10-22/h3-15H,16H2,1-2H3,(H,24,27)(H,25,28). The van der Waals surface area contributed by atoms with Gasteiger partial charge in [-0.1, -0.05) is 36.4 Å². The Kier molecular flexibility index (Phi) is 6.84. The van der Waals surface area contributed by atoms with Crippen molar-refractivity contribution in [2.45, 2.75) is 18.4 Å². The number of anilines is 2. The molecule has 0 aliphatic heterocycles. The number of carbonyl (C=O) groups excluding carboxylic acids is 2. The van der Waals surface area contributed by atoms with Gasteiger partial charge in [0.2, 0.25) is 15.9 Å². The Bertz CT molecular complexity index is 1180. The van der Waals surface area contributed by atoms with Gasteiger partial charge in [0, 0.05) is 37.5 Å². The van der Waals surface area contributed by atoms with Crippen molar-refractivity contribution in [3.63, 3.8) is 0 Å². The van der Waals surface area contributed by atoms with Gasteiger partial charge in [-0.2, -0.15) is 4.31 Å². The predicted molar refractivity (Wildman–Crippen MR) is 120 cm³/mol. The van der Waals surface area contributed by atoms with E-state index in [1.165, 1.54) is 18.3 Å². The monoisotopic (exact) mass is 437 g/mol. The summed E-state index contributed by atoms with van der Waals surface area (Å²) in [5.74, 6) is -0.505. The van der Waals surface area contributed by atoms with E-state index in [0.717, 1.165) is 5.56 Å².